The lowest BCUT2D eigenvalue weighted by Gasteiger charge is -2.61. The average molecular weight is 431 g/mol. The zero-order valence-corrected chi connectivity index (χ0v) is 19.7. The van der Waals surface area contributed by atoms with Crippen molar-refractivity contribution in [1.29, 1.82) is 0 Å². The summed E-state index contributed by atoms with van der Waals surface area (Å²) < 4.78 is 0. The van der Waals surface area contributed by atoms with Gasteiger partial charge in [-0.1, -0.05) is 37.1 Å². The molecular weight excluding hydrogens is 388 g/mol. The third-order valence-corrected chi connectivity index (χ3v) is 10.9. The van der Waals surface area contributed by atoms with Crippen LogP contribution in [0.3, 0.4) is 0 Å². The molecule has 0 aromatic carbocycles. The molecule has 0 amide bonds. The van der Waals surface area contributed by atoms with Crippen LogP contribution in [0.5, 0.6) is 0 Å². The lowest BCUT2D eigenvalue weighted by Crippen LogP contribution is -2.69. The van der Waals surface area contributed by atoms with Gasteiger partial charge in [0.15, 0.2) is 0 Å². The van der Waals surface area contributed by atoms with Gasteiger partial charge in [-0.3, -0.25) is 4.90 Å². The first-order valence-electron chi connectivity index (χ1n) is 12.8. The Morgan fingerprint density at radius 1 is 1.06 bits per heavy atom. The molecule has 0 radical (unpaired) electrons. The third kappa shape index (κ3) is 2.81. The van der Waals surface area contributed by atoms with E-state index in [0.29, 0.717) is 23.5 Å². The maximum Gasteiger partial charge on any atom is 0.0943 e. The molecule has 1 aliphatic heterocycles. The van der Waals surface area contributed by atoms with Gasteiger partial charge in [0.1, 0.15) is 0 Å². The van der Waals surface area contributed by atoms with Gasteiger partial charge in [0, 0.05) is 0 Å². The average Bonchev–Trinajstić information content (AvgIpc) is 3.01. The van der Waals surface area contributed by atoms with Crippen LogP contribution in [0.2, 0.25) is 0 Å². The van der Waals surface area contributed by atoms with Crippen molar-refractivity contribution < 1.29 is 15.4 Å². The molecule has 31 heavy (non-hydrogen) atoms. The second kappa shape index (κ2) is 7.56. The number of likely N-dealkylation sites (tertiary alicyclic amines) is 1. The number of hydrogen-bond acceptors (Lipinski definition) is 5. The van der Waals surface area contributed by atoms with E-state index in [2.05, 4.69) is 30.0 Å². The number of piperidine rings is 1. The summed E-state index contributed by atoms with van der Waals surface area (Å²) in [6.45, 7) is 8.77. The summed E-state index contributed by atoms with van der Waals surface area (Å²) in [7, 11) is 0. The van der Waals surface area contributed by atoms with Gasteiger partial charge in [-0.2, -0.15) is 0 Å². The van der Waals surface area contributed by atoms with Gasteiger partial charge in [-0.15, -0.1) is 0 Å². The van der Waals surface area contributed by atoms with Crippen molar-refractivity contribution in [3.05, 3.63) is 11.6 Å². The lowest BCUT2D eigenvalue weighted by atomic mass is 9.46. The number of allylic oxidation sites excluding steroid dienone is 1. The van der Waals surface area contributed by atoms with Crippen LogP contribution in [-0.4, -0.2) is 56.9 Å². The summed E-state index contributed by atoms with van der Waals surface area (Å²) in [5.74, 6) is 1.63. The predicted octanol–water partition coefficient (Wildman–Crippen LogP) is 4.36. The number of hydrogen-bond donors (Lipinski definition) is 3. The quantitative estimate of drug-likeness (QED) is 0.263. The summed E-state index contributed by atoms with van der Waals surface area (Å²) in [5.41, 5.74) is 1.77. The van der Waals surface area contributed by atoms with Gasteiger partial charge in [0.25, 0.3) is 0 Å². The Balaban J connectivity index is 1.55. The van der Waals surface area contributed by atoms with Gasteiger partial charge in [-0.05, 0) is 106 Å². The summed E-state index contributed by atoms with van der Waals surface area (Å²) in [6, 6.07) is 0. The number of fused-ring (bicyclic) bond motifs is 5. The van der Waals surface area contributed by atoms with Crippen LogP contribution in [0, 0.1) is 28.6 Å². The molecule has 0 unspecified atom stereocenters. The van der Waals surface area contributed by atoms with Crippen LogP contribution in [0.15, 0.2) is 16.8 Å². The maximum absolute atomic E-state index is 11.7. The molecule has 3 saturated carbocycles. The van der Waals surface area contributed by atoms with Crippen LogP contribution in [0.4, 0.5) is 0 Å². The molecule has 0 aromatic rings. The molecule has 5 rings (SSSR count). The molecule has 5 aliphatic rings. The Morgan fingerprint density at radius 3 is 2.52 bits per heavy atom. The van der Waals surface area contributed by atoms with Crippen LogP contribution in [-0.2, 0) is 0 Å². The highest BCUT2D eigenvalue weighted by Gasteiger charge is 2.70. The molecule has 8 atom stereocenters. The van der Waals surface area contributed by atoms with Crippen LogP contribution >= 0.6 is 0 Å². The first kappa shape index (κ1) is 21.9. The third-order valence-electron chi connectivity index (χ3n) is 10.9. The SMILES string of the molecule is CC(=NO)[C@]1(N2CCCCC2)[C@H](O)C[C@H]2[C@H]3CC=C4C[C@@H](O)CC[C@]4(C)[C@H]3CC[C@@]21C. The fourth-order valence-corrected chi connectivity index (χ4v) is 9.44. The molecule has 0 spiro atoms. The summed E-state index contributed by atoms with van der Waals surface area (Å²) in [6.07, 6.45) is 12.3. The number of nitrogens with zero attached hydrogens (tertiary/aromatic N) is 2. The molecule has 5 nitrogen and oxygen atoms in total. The predicted molar refractivity (Wildman–Crippen MR) is 122 cm³/mol. The van der Waals surface area contributed by atoms with E-state index in [1.807, 2.05) is 6.92 Å². The fourth-order valence-electron chi connectivity index (χ4n) is 9.44. The molecule has 174 valence electrons. The molecule has 0 bridgehead atoms. The largest absolute Gasteiger partial charge is 0.411 e. The summed E-state index contributed by atoms with van der Waals surface area (Å²) in [4.78, 5) is 2.50. The van der Waals surface area contributed by atoms with Gasteiger partial charge in [0.05, 0.1) is 23.5 Å². The Labute approximate surface area is 187 Å². The second-order valence-electron chi connectivity index (χ2n) is 11.9. The number of oxime groups is 1. The van der Waals surface area contributed by atoms with Gasteiger partial charge < -0.3 is 15.4 Å². The zero-order chi connectivity index (χ0) is 22.0. The Bertz CT molecular complexity index is 775. The number of aliphatic hydroxyl groups excluding tert-OH is 2. The van der Waals surface area contributed by atoms with Crippen molar-refractivity contribution in [2.75, 3.05) is 13.1 Å². The van der Waals surface area contributed by atoms with Crippen LogP contribution in [0.25, 0.3) is 0 Å². The van der Waals surface area contributed by atoms with Gasteiger partial charge in [0.2, 0.25) is 0 Å². The smallest absolute Gasteiger partial charge is 0.0943 e. The van der Waals surface area contributed by atoms with E-state index in [1.54, 1.807) is 0 Å². The molecule has 0 aromatic heterocycles. The first-order chi connectivity index (χ1) is 14.8. The fraction of sp³-hybridized carbons (Fsp3) is 0.885. The van der Waals surface area contributed by atoms with E-state index >= 15 is 0 Å². The molecule has 4 fully saturated rings. The topological polar surface area (TPSA) is 76.3 Å². The van der Waals surface area contributed by atoms with E-state index in [1.165, 1.54) is 18.4 Å². The standard InChI is InChI=1S/C26H42N2O3/c1-17(27-31)26(28-13-5-4-6-14-28)23(30)16-22-20-8-7-18-15-19(29)9-11-24(18,2)21(20)10-12-25(22,26)3/h7,19-23,29-31H,4-6,8-16H2,1-3H3/t19-,20-,21-,22-,23+,24-,25-,26-/m0/s1. The van der Waals surface area contributed by atoms with E-state index in [4.69, 9.17) is 0 Å². The van der Waals surface area contributed by atoms with E-state index in [9.17, 15) is 15.4 Å². The minimum atomic E-state index is -0.550. The highest BCUT2D eigenvalue weighted by atomic mass is 16.4. The van der Waals surface area contributed by atoms with E-state index in [-0.39, 0.29) is 16.9 Å². The van der Waals surface area contributed by atoms with Crippen LogP contribution in [0.1, 0.15) is 85.0 Å². The molecule has 3 N–H and O–H groups in total. The first-order valence-corrected chi connectivity index (χ1v) is 12.8. The van der Waals surface area contributed by atoms with Gasteiger partial charge in [-0.25, -0.2) is 0 Å². The molecule has 4 aliphatic carbocycles. The molecule has 5 heteroatoms. The van der Waals surface area contributed by atoms with Crippen molar-refractivity contribution in [2.45, 2.75) is 103 Å². The molecule has 1 saturated heterocycles. The van der Waals surface area contributed by atoms with Crippen molar-refractivity contribution in [1.82, 2.24) is 4.90 Å². The maximum atomic E-state index is 11.7. The summed E-state index contributed by atoms with van der Waals surface area (Å²) in [5, 5.41) is 35.8. The van der Waals surface area contributed by atoms with Crippen molar-refractivity contribution in [2.24, 2.45) is 33.7 Å². The molecule has 1 heterocycles. The van der Waals surface area contributed by atoms with E-state index in [0.717, 1.165) is 64.5 Å². The Morgan fingerprint density at radius 2 is 1.81 bits per heavy atom. The minimum Gasteiger partial charge on any atom is -0.411 e. The number of aliphatic hydroxyl groups is 2. The zero-order valence-electron chi connectivity index (χ0n) is 19.7. The highest BCUT2D eigenvalue weighted by molar-refractivity contribution is 5.93. The summed E-state index contributed by atoms with van der Waals surface area (Å²) >= 11 is 0. The Hall–Kier alpha value is -0.910. The second-order valence-corrected chi connectivity index (χ2v) is 11.9. The Kier molecular flexibility index (Phi) is 5.35. The van der Waals surface area contributed by atoms with Crippen molar-refractivity contribution in [3.8, 4) is 0 Å². The van der Waals surface area contributed by atoms with Crippen LogP contribution < -0.4 is 0 Å². The van der Waals surface area contributed by atoms with E-state index < -0.39 is 11.6 Å². The normalized spacial score (nSPS) is 50.9. The molecular formula is C26H42N2O3. The lowest BCUT2D eigenvalue weighted by molar-refractivity contribution is -0.0912. The monoisotopic (exact) mass is 430 g/mol. The highest BCUT2D eigenvalue weighted by Crippen LogP contribution is 2.68. The number of rotatable bonds is 2. The van der Waals surface area contributed by atoms with Crippen molar-refractivity contribution >= 4 is 5.71 Å². The minimum absolute atomic E-state index is 0.0862. The van der Waals surface area contributed by atoms with Gasteiger partial charge >= 0.3 is 0 Å². The van der Waals surface area contributed by atoms with Crippen molar-refractivity contribution in [3.63, 3.8) is 0 Å².